The lowest BCUT2D eigenvalue weighted by atomic mass is 10.2. The van der Waals surface area contributed by atoms with Crippen LogP contribution < -0.4 is 15.5 Å². The van der Waals surface area contributed by atoms with Crippen molar-refractivity contribution in [2.24, 2.45) is 4.99 Å². The molecule has 1 fully saturated rings. The molecular weight excluding hydrogens is 557 g/mol. The number of thioether (sulfide) groups is 2. The number of anilines is 3. The number of aliphatic imine (C=N–C) groups is 1. The number of rotatable bonds is 7. The van der Waals surface area contributed by atoms with Crippen LogP contribution in [0.5, 0.6) is 0 Å². The van der Waals surface area contributed by atoms with Gasteiger partial charge in [-0.25, -0.2) is 9.79 Å². The van der Waals surface area contributed by atoms with Gasteiger partial charge in [-0.2, -0.15) is 5.26 Å². The molecule has 0 saturated carbocycles. The molecule has 0 atom stereocenters. The van der Waals surface area contributed by atoms with Crippen LogP contribution in [-0.4, -0.2) is 42.3 Å². The second-order valence-corrected chi connectivity index (χ2v) is 11.1. The molecule has 0 aliphatic carbocycles. The zero-order valence-corrected chi connectivity index (χ0v) is 24.4. The first kappa shape index (κ1) is 28.1. The normalized spacial score (nSPS) is 17.0. The summed E-state index contributed by atoms with van der Waals surface area (Å²) in [4.78, 5) is 36.0. The lowest BCUT2D eigenvalue weighted by Gasteiger charge is -2.17. The Bertz CT molecular complexity index is 1600. The summed E-state index contributed by atoms with van der Waals surface area (Å²) in [6.45, 7) is 5.06. The van der Waals surface area contributed by atoms with Gasteiger partial charge in [0, 0.05) is 24.2 Å². The van der Waals surface area contributed by atoms with Gasteiger partial charge in [-0.1, -0.05) is 42.1 Å². The summed E-state index contributed by atoms with van der Waals surface area (Å²) >= 11 is 2.79. The van der Waals surface area contributed by atoms with Crippen molar-refractivity contribution in [2.45, 2.75) is 25.3 Å². The maximum absolute atomic E-state index is 14.0. The molecule has 41 heavy (non-hydrogen) atoms. The molecule has 0 unspecified atom stereocenters. The SMILES string of the molecule is CCNc1ccc(C#N)cc1N=C1S/C(=C2/Sc3cc(NC(=O)OCC)ccc3N2C)C(=O)N1Cc1ccccc1. The van der Waals surface area contributed by atoms with E-state index >= 15 is 0 Å². The average Bonchev–Trinajstić information content (AvgIpc) is 3.45. The number of amidine groups is 1. The molecular formula is C30H28N6O3S2. The highest BCUT2D eigenvalue weighted by molar-refractivity contribution is 8.19. The second-order valence-electron chi connectivity index (χ2n) is 9.07. The van der Waals surface area contributed by atoms with Crippen LogP contribution in [0.3, 0.4) is 0 Å². The molecule has 0 radical (unpaired) electrons. The maximum atomic E-state index is 14.0. The van der Waals surface area contributed by atoms with E-state index in [4.69, 9.17) is 9.73 Å². The lowest BCUT2D eigenvalue weighted by molar-refractivity contribution is -0.122. The zero-order valence-electron chi connectivity index (χ0n) is 22.8. The van der Waals surface area contributed by atoms with Crippen molar-refractivity contribution in [1.82, 2.24) is 4.90 Å². The highest BCUT2D eigenvalue weighted by atomic mass is 32.2. The Balaban J connectivity index is 1.53. The van der Waals surface area contributed by atoms with Gasteiger partial charge in [0.05, 0.1) is 46.9 Å². The number of fused-ring (bicyclic) bond motifs is 1. The molecule has 2 heterocycles. The van der Waals surface area contributed by atoms with E-state index in [1.807, 2.05) is 73.5 Å². The van der Waals surface area contributed by atoms with Gasteiger partial charge in [0.1, 0.15) is 4.91 Å². The Morgan fingerprint density at radius 2 is 1.88 bits per heavy atom. The number of benzene rings is 3. The number of nitriles is 1. The number of carbonyl (C=O) groups excluding carboxylic acids is 2. The first-order chi connectivity index (χ1) is 19.9. The van der Waals surface area contributed by atoms with Gasteiger partial charge in [0.25, 0.3) is 5.91 Å². The minimum atomic E-state index is -0.515. The molecule has 1 saturated heterocycles. The van der Waals surface area contributed by atoms with E-state index in [1.165, 1.54) is 23.5 Å². The van der Waals surface area contributed by atoms with E-state index in [0.29, 0.717) is 40.1 Å². The molecule has 9 nitrogen and oxygen atoms in total. The Morgan fingerprint density at radius 1 is 1.07 bits per heavy atom. The van der Waals surface area contributed by atoms with Gasteiger partial charge in [-0.15, -0.1) is 0 Å². The molecule has 2 aliphatic heterocycles. The predicted octanol–water partition coefficient (Wildman–Crippen LogP) is 6.73. The number of hydrogen-bond acceptors (Lipinski definition) is 9. The summed E-state index contributed by atoms with van der Waals surface area (Å²) in [5, 5.41) is 16.8. The molecule has 5 rings (SSSR count). The number of amides is 2. The van der Waals surface area contributed by atoms with Crippen molar-refractivity contribution < 1.29 is 14.3 Å². The molecule has 3 aromatic rings. The Labute approximate surface area is 247 Å². The Kier molecular flexibility index (Phi) is 8.52. The monoisotopic (exact) mass is 584 g/mol. The zero-order chi connectivity index (χ0) is 28.9. The van der Waals surface area contributed by atoms with Gasteiger partial charge in [0.15, 0.2) is 5.17 Å². The molecule has 2 amide bonds. The molecule has 3 aromatic carbocycles. The summed E-state index contributed by atoms with van der Waals surface area (Å²) in [5.41, 5.74) is 4.38. The number of carbonyl (C=O) groups is 2. The summed E-state index contributed by atoms with van der Waals surface area (Å²) in [6, 6.07) is 22.9. The van der Waals surface area contributed by atoms with Gasteiger partial charge < -0.3 is 15.0 Å². The van der Waals surface area contributed by atoms with E-state index in [-0.39, 0.29) is 12.5 Å². The van der Waals surface area contributed by atoms with Crippen molar-refractivity contribution in [3.63, 3.8) is 0 Å². The van der Waals surface area contributed by atoms with Crippen LogP contribution in [-0.2, 0) is 16.1 Å². The van der Waals surface area contributed by atoms with Crippen LogP contribution in [0.1, 0.15) is 25.0 Å². The summed E-state index contributed by atoms with van der Waals surface area (Å²) in [5.74, 6) is -0.147. The van der Waals surface area contributed by atoms with E-state index in [2.05, 4.69) is 16.7 Å². The van der Waals surface area contributed by atoms with Crippen LogP contribution in [0, 0.1) is 11.3 Å². The van der Waals surface area contributed by atoms with Gasteiger partial charge in [-0.3, -0.25) is 15.0 Å². The molecule has 0 spiro atoms. The van der Waals surface area contributed by atoms with E-state index in [9.17, 15) is 14.9 Å². The van der Waals surface area contributed by atoms with Crippen LogP contribution in [0.2, 0.25) is 0 Å². The summed E-state index contributed by atoms with van der Waals surface area (Å²) < 4.78 is 5.00. The second kappa shape index (κ2) is 12.4. The van der Waals surface area contributed by atoms with Gasteiger partial charge in [0.2, 0.25) is 0 Å². The minimum absolute atomic E-state index is 0.147. The number of ether oxygens (including phenoxy) is 1. The fraction of sp³-hybridized carbons (Fsp3) is 0.200. The first-order valence-electron chi connectivity index (χ1n) is 13.1. The average molecular weight is 585 g/mol. The number of nitrogens with one attached hydrogen (secondary N) is 2. The third kappa shape index (κ3) is 6.04. The smallest absolute Gasteiger partial charge is 0.411 e. The number of nitrogens with zero attached hydrogens (tertiary/aromatic N) is 4. The minimum Gasteiger partial charge on any atom is -0.450 e. The summed E-state index contributed by atoms with van der Waals surface area (Å²) in [7, 11) is 1.92. The highest BCUT2D eigenvalue weighted by Crippen LogP contribution is 2.51. The quantitative estimate of drug-likeness (QED) is 0.294. The molecule has 2 aliphatic rings. The topological polar surface area (TPSA) is 110 Å². The van der Waals surface area contributed by atoms with Crippen molar-refractivity contribution in [3.05, 3.63) is 87.8 Å². The van der Waals surface area contributed by atoms with Crippen molar-refractivity contribution in [1.29, 1.82) is 5.26 Å². The van der Waals surface area contributed by atoms with E-state index in [0.717, 1.165) is 26.9 Å². The Hall–Kier alpha value is -4.40. The third-order valence-corrected chi connectivity index (χ3v) is 8.72. The molecule has 2 N–H and O–H groups in total. The third-order valence-electron chi connectivity index (χ3n) is 6.31. The predicted molar refractivity (Wildman–Crippen MR) is 165 cm³/mol. The van der Waals surface area contributed by atoms with E-state index < -0.39 is 6.09 Å². The number of hydrogen-bond donors (Lipinski definition) is 2. The van der Waals surface area contributed by atoms with Crippen molar-refractivity contribution >= 4 is 63.4 Å². The van der Waals surface area contributed by atoms with Crippen molar-refractivity contribution in [3.8, 4) is 6.07 Å². The fourth-order valence-electron chi connectivity index (χ4n) is 4.38. The standard InChI is InChI=1S/C30H28N6O3S2/c1-4-32-22-13-11-20(17-31)15-23(22)34-29-36(18-19-9-7-6-8-10-19)27(37)26(41-29)28-35(3)24-14-12-21(16-25(24)40-28)33-30(38)39-5-2/h6-16,32H,4-5,18H2,1-3H3,(H,33,38)/b28-26+,34-29?. The van der Waals surface area contributed by atoms with Crippen LogP contribution >= 0.6 is 23.5 Å². The van der Waals surface area contributed by atoms with Crippen LogP contribution in [0.25, 0.3) is 0 Å². The lowest BCUT2D eigenvalue weighted by Crippen LogP contribution is -2.29. The summed E-state index contributed by atoms with van der Waals surface area (Å²) in [6.07, 6.45) is -0.515. The molecule has 208 valence electrons. The van der Waals surface area contributed by atoms with Crippen LogP contribution in [0.4, 0.5) is 27.5 Å². The fourth-order valence-corrected chi connectivity index (χ4v) is 6.75. The largest absolute Gasteiger partial charge is 0.450 e. The van der Waals surface area contributed by atoms with Crippen LogP contribution in [0.15, 0.2) is 86.6 Å². The first-order valence-corrected chi connectivity index (χ1v) is 14.7. The molecule has 0 bridgehead atoms. The maximum Gasteiger partial charge on any atom is 0.411 e. The Morgan fingerprint density at radius 3 is 2.61 bits per heavy atom. The highest BCUT2D eigenvalue weighted by Gasteiger charge is 2.39. The molecule has 11 heteroatoms. The molecule has 0 aromatic heterocycles. The van der Waals surface area contributed by atoms with Crippen molar-refractivity contribution in [2.75, 3.05) is 35.7 Å². The van der Waals surface area contributed by atoms with E-state index in [1.54, 1.807) is 24.0 Å². The van der Waals surface area contributed by atoms with Gasteiger partial charge >= 0.3 is 6.09 Å². The van der Waals surface area contributed by atoms with Gasteiger partial charge in [-0.05, 0) is 67.6 Å².